The van der Waals surface area contributed by atoms with Gasteiger partial charge in [-0.2, -0.15) is 0 Å². The van der Waals surface area contributed by atoms with Crippen LogP contribution in [0, 0.1) is 4.78 Å². The Morgan fingerprint density at radius 1 is 1.47 bits per heavy atom. The first-order valence-electron chi connectivity index (χ1n) is 4.55. The Labute approximate surface area is 88.9 Å². The molecule has 82 valence electrons. The Balaban J connectivity index is 3.19. The summed E-state index contributed by atoms with van der Waals surface area (Å²) in [7, 11) is -3.25. The van der Waals surface area contributed by atoms with Crippen LogP contribution in [0.3, 0.4) is 0 Å². The van der Waals surface area contributed by atoms with Crippen molar-refractivity contribution in [1.29, 1.82) is 4.78 Å². The molecule has 0 aromatic heterocycles. The summed E-state index contributed by atoms with van der Waals surface area (Å²) in [5, 5.41) is 7.73. The van der Waals surface area contributed by atoms with E-state index in [0.29, 0.717) is 0 Å². The van der Waals surface area contributed by atoms with Gasteiger partial charge in [0.1, 0.15) is 5.25 Å². The molecule has 1 aromatic carbocycles. The van der Waals surface area contributed by atoms with Crippen LogP contribution in [-0.4, -0.2) is 20.5 Å². The smallest absolute Gasteiger partial charge is 0.320 e. The molecule has 1 rings (SSSR count). The first kappa shape index (κ1) is 11.7. The third-order valence-electron chi connectivity index (χ3n) is 2.14. The second-order valence-electron chi connectivity index (χ2n) is 3.15. The van der Waals surface area contributed by atoms with Crippen molar-refractivity contribution >= 4 is 15.7 Å². The molecule has 0 heterocycles. The summed E-state index contributed by atoms with van der Waals surface area (Å²) in [4.78, 5) is 11.1. The zero-order valence-corrected chi connectivity index (χ0v) is 9.16. The Morgan fingerprint density at radius 2 is 2.00 bits per heavy atom. The quantitative estimate of drug-likeness (QED) is 0.825. The highest BCUT2D eigenvalue weighted by Crippen LogP contribution is 2.18. The van der Waals surface area contributed by atoms with E-state index in [4.69, 9.17) is 9.89 Å². The average molecular weight is 227 g/mol. The summed E-state index contributed by atoms with van der Waals surface area (Å²) in [6.45, 7) is 1.62. The van der Waals surface area contributed by atoms with Gasteiger partial charge in [0, 0.05) is 4.90 Å². The van der Waals surface area contributed by atoms with E-state index < -0.39 is 20.9 Å². The van der Waals surface area contributed by atoms with Gasteiger partial charge in [-0.3, -0.25) is 4.79 Å². The number of carboxylic acid groups (broad SMARTS) is 1. The fourth-order valence-electron chi connectivity index (χ4n) is 1.34. The van der Waals surface area contributed by atoms with E-state index in [1.165, 1.54) is 12.1 Å². The Bertz CT molecular complexity index is 439. The van der Waals surface area contributed by atoms with Crippen molar-refractivity contribution in [2.45, 2.75) is 23.5 Å². The second-order valence-corrected chi connectivity index (χ2v) is 5.39. The molecule has 2 atom stereocenters. The van der Waals surface area contributed by atoms with Crippen LogP contribution in [0.5, 0.6) is 0 Å². The van der Waals surface area contributed by atoms with E-state index in [1.807, 2.05) is 0 Å². The fraction of sp³-hybridized carbons (Fsp3) is 0.300. The normalized spacial score (nSPS) is 16.6. The van der Waals surface area contributed by atoms with Gasteiger partial charge in [0.2, 0.25) is 0 Å². The molecular formula is C10H13NO3S. The van der Waals surface area contributed by atoms with Crippen molar-refractivity contribution in [3.05, 3.63) is 30.3 Å². The molecule has 0 bridgehead atoms. The van der Waals surface area contributed by atoms with Crippen LogP contribution >= 0.6 is 0 Å². The molecule has 0 aliphatic carbocycles. The first-order valence-corrected chi connectivity index (χ1v) is 6.17. The number of aliphatic carboxylic acids is 1. The predicted octanol–water partition coefficient (Wildman–Crippen LogP) is 1.96. The minimum Gasteiger partial charge on any atom is -0.480 e. The van der Waals surface area contributed by atoms with Gasteiger partial charge < -0.3 is 5.11 Å². The lowest BCUT2D eigenvalue weighted by Gasteiger charge is -2.14. The Morgan fingerprint density at radius 3 is 2.40 bits per heavy atom. The van der Waals surface area contributed by atoms with E-state index in [-0.39, 0.29) is 11.3 Å². The van der Waals surface area contributed by atoms with E-state index in [9.17, 15) is 9.00 Å². The summed E-state index contributed by atoms with van der Waals surface area (Å²) in [5.41, 5.74) is 0. The molecule has 0 saturated carbocycles. The molecule has 0 saturated heterocycles. The van der Waals surface area contributed by atoms with Crippen molar-refractivity contribution in [1.82, 2.24) is 0 Å². The van der Waals surface area contributed by atoms with Crippen molar-refractivity contribution in [2.24, 2.45) is 0 Å². The molecule has 1 aromatic rings. The van der Waals surface area contributed by atoms with Gasteiger partial charge in [-0.15, -0.1) is 0 Å². The van der Waals surface area contributed by atoms with Gasteiger partial charge in [0.25, 0.3) is 0 Å². The van der Waals surface area contributed by atoms with Crippen LogP contribution in [0.25, 0.3) is 0 Å². The topological polar surface area (TPSA) is 78.2 Å². The van der Waals surface area contributed by atoms with Gasteiger partial charge in [-0.25, -0.2) is 8.99 Å². The third kappa shape index (κ3) is 2.36. The number of nitrogens with one attached hydrogen (secondary N) is 1. The molecule has 0 radical (unpaired) electrons. The molecule has 2 N–H and O–H groups in total. The standard InChI is InChI=1S/C10H13NO3S/c1-2-9(10(12)13)15(11,14)8-6-4-3-5-7-8/h3-7,9,11H,2H2,1H3,(H,12,13)/t9-,15+/m0/s1. The summed E-state index contributed by atoms with van der Waals surface area (Å²) in [6, 6.07) is 8.10. The zero-order chi connectivity index (χ0) is 11.5. The van der Waals surface area contributed by atoms with Gasteiger partial charge in [-0.1, -0.05) is 25.1 Å². The molecule has 0 aliphatic heterocycles. The van der Waals surface area contributed by atoms with Crippen molar-refractivity contribution < 1.29 is 14.1 Å². The molecule has 0 spiro atoms. The lowest BCUT2D eigenvalue weighted by molar-refractivity contribution is -0.136. The summed E-state index contributed by atoms with van der Waals surface area (Å²) >= 11 is 0. The summed E-state index contributed by atoms with van der Waals surface area (Å²) < 4.78 is 19.7. The Hall–Kier alpha value is -1.36. The van der Waals surface area contributed by atoms with Crippen molar-refractivity contribution in [3.8, 4) is 0 Å². The SMILES string of the molecule is CC[C@@H](C(=O)O)[S@](=N)(=O)c1ccccc1. The molecule has 0 amide bonds. The number of hydrogen-bond acceptors (Lipinski definition) is 3. The van der Waals surface area contributed by atoms with Gasteiger partial charge >= 0.3 is 5.97 Å². The molecule has 4 nitrogen and oxygen atoms in total. The number of carbonyl (C=O) groups is 1. The maximum Gasteiger partial charge on any atom is 0.320 e. The zero-order valence-electron chi connectivity index (χ0n) is 8.34. The summed E-state index contributed by atoms with van der Waals surface area (Å²) in [6.07, 6.45) is 0.187. The largest absolute Gasteiger partial charge is 0.480 e. The highest BCUT2D eigenvalue weighted by atomic mass is 32.2. The molecule has 0 unspecified atom stereocenters. The number of carboxylic acids is 1. The van der Waals surface area contributed by atoms with Crippen molar-refractivity contribution in [2.75, 3.05) is 0 Å². The van der Waals surface area contributed by atoms with Crippen LogP contribution in [-0.2, 0) is 14.5 Å². The van der Waals surface area contributed by atoms with Crippen LogP contribution < -0.4 is 0 Å². The molecule has 15 heavy (non-hydrogen) atoms. The van der Waals surface area contributed by atoms with Gasteiger partial charge in [-0.05, 0) is 18.6 Å². The van der Waals surface area contributed by atoms with Crippen LogP contribution in [0.1, 0.15) is 13.3 Å². The lowest BCUT2D eigenvalue weighted by atomic mass is 10.3. The van der Waals surface area contributed by atoms with Crippen LogP contribution in [0.15, 0.2) is 35.2 Å². The monoisotopic (exact) mass is 227 g/mol. The highest BCUT2D eigenvalue weighted by Gasteiger charge is 2.28. The highest BCUT2D eigenvalue weighted by molar-refractivity contribution is 7.93. The predicted molar refractivity (Wildman–Crippen MR) is 57.3 cm³/mol. The minimum atomic E-state index is -3.25. The molecule has 0 fully saturated rings. The van der Waals surface area contributed by atoms with Crippen LogP contribution in [0.2, 0.25) is 0 Å². The maximum absolute atomic E-state index is 12.0. The number of rotatable bonds is 4. The molecular weight excluding hydrogens is 214 g/mol. The van der Waals surface area contributed by atoms with Gasteiger partial charge in [0.15, 0.2) is 0 Å². The van der Waals surface area contributed by atoms with Crippen LogP contribution in [0.4, 0.5) is 0 Å². The number of benzene rings is 1. The average Bonchev–Trinajstić information content (AvgIpc) is 2.19. The third-order valence-corrected chi connectivity index (χ3v) is 4.45. The minimum absolute atomic E-state index is 0.187. The summed E-state index contributed by atoms with van der Waals surface area (Å²) in [5.74, 6) is -1.18. The van der Waals surface area contributed by atoms with Crippen molar-refractivity contribution in [3.63, 3.8) is 0 Å². The molecule has 5 heteroatoms. The fourth-order valence-corrected chi connectivity index (χ4v) is 2.98. The first-order chi connectivity index (χ1) is 7.00. The van der Waals surface area contributed by atoms with Gasteiger partial charge in [0.05, 0.1) is 9.73 Å². The maximum atomic E-state index is 12.0. The van der Waals surface area contributed by atoms with E-state index >= 15 is 0 Å². The Kier molecular flexibility index (Phi) is 3.47. The van der Waals surface area contributed by atoms with E-state index in [1.54, 1.807) is 25.1 Å². The van der Waals surface area contributed by atoms with E-state index in [0.717, 1.165) is 0 Å². The second kappa shape index (κ2) is 4.44. The van der Waals surface area contributed by atoms with E-state index in [2.05, 4.69) is 0 Å². The number of hydrogen-bond donors (Lipinski definition) is 2. The molecule has 0 aliphatic rings. The lowest BCUT2D eigenvalue weighted by Crippen LogP contribution is -2.28.